The molecular formula is C17H32N2S. The molecule has 2 unspecified atom stereocenters. The molecule has 0 amide bonds. The van der Waals surface area contributed by atoms with Crippen molar-refractivity contribution in [1.29, 1.82) is 0 Å². The summed E-state index contributed by atoms with van der Waals surface area (Å²) in [5, 5.41) is 3.83. The Bertz CT molecular complexity index is 310. The van der Waals surface area contributed by atoms with Crippen molar-refractivity contribution in [3.05, 3.63) is 0 Å². The first kappa shape index (κ1) is 15.2. The fraction of sp³-hybridized carbons (Fsp3) is 1.00. The summed E-state index contributed by atoms with van der Waals surface area (Å²) in [5.74, 6) is 0.992. The van der Waals surface area contributed by atoms with E-state index in [4.69, 9.17) is 0 Å². The van der Waals surface area contributed by atoms with E-state index in [2.05, 4.69) is 35.2 Å². The van der Waals surface area contributed by atoms with Gasteiger partial charge in [0.25, 0.3) is 0 Å². The molecule has 20 heavy (non-hydrogen) atoms. The van der Waals surface area contributed by atoms with Gasteiger partial charge < -0.3 is 5.32 Å². The summed E-state index contributed by atoms with van der Waals surface area (Å²) in [6.07, 6.45) is 13.9. The summed E-state index contributed by atoms with van der Waals surface area (Å²) in [4.78, 5) is 2.86. The monoisotopic (exact) mass is 296 g/mol. The lowest BCUT2D eigenvalue weighted by Gasteiger charge is -2.46. The number of nitrogens with one attached hydrogen (secondary N) is 1. The molecule has 1 heterocycles. The van der Waals surface area contributed by atoms with Gasteiger partial charge in [0.05, 0.1) is 0 Å². The van der Waals surface area contributed by atoms with Gasteiger partial charge >= 0.3 is 0 Å². The molecule has 2 aliphatic carbocycles. The van der Waals surface area contributed by atoms with E-state index in [1.165, 1.54) is 71.0 Å². The highest BCUT2D eigenvalue weighted by Gasteiger charge is 2.40. The van der Waals surface area contributed by atoms with Crippen LogP contribution in [0.3, 0.4) is 0 Å². The van der Waals surface area contributed by atoms with Crippen LogP contribution in [0.1, 0.15) is 58.3 Å². The van der Waals surface area contributed by atoms with Gasteiger partial charge in [-0.1, -0.05) is 26.2 Å². The molecule has 116 valence electrons. The Balaban J connectivity index is 1.64. The Kier molecular flexibility index (Phi) is 4.99. The number of piperazine rings is 1. The molecular weight excluding hydrogens is 264 g/mol. The molecule has 3 fully saturated rings. The van der Waals surface area contributed by atoms with Gasteiger partial charge in [-0.15, -0.1) is 0 Å². The minimum absolute atomic E-state index is 0.567. The second-order valence-electron chi connectivity index (χ2n) is 7.29. The van der Waals surface area contributed by atoms with Crippen LogP contribution in [0, 0.1) is 5.92 Å². The highest BCUT2D eigenvalue weighted by atomic mass is 32.2. The zero-order valence-electron chi connectivity index (χ0n) is 13.4. The first-order valence-electron chi connectivity index (χ1n) is 8.79. The van der Waals surface area contributed by atoms with Gasteiger partial charge in [-0.05, 0) is 44.3 Å². The van der Waals surface area contributed by atoms with Crippen LogP contribution in [0.5, 0.6) is 0 Å². The standard InChI is InChI=1S/C17H32N2S/c1-3-15-11-18-16(14-7-8-14)12-19(15)13-17(20-2)9-5-4-6-10-17/h14-16,18H,3-13H2,1-2H3. The Labute approximate surface area is 129 Å². The van der Waals surface area contributed by atoms with Crippen molar-refractivity contribution >= 4 is 11.8 Å². The minimum atomic E-state index is 0.567. The highest BCUT2D eigenvalue weighted by Crippen LogP contribution is 2.41. The van der Waals surface area contributed by atoms with Crippen LogP contribution >= 0.6 is 11.8 Å². The Morgan fingerprint density at radius 3 is 2.55 bits per heavy atom. The molecule has 0 radical (unpaired) electrons. The van der Waals surface area contributed by atoms with Gasteiger partial charge in [-0.25, -0.2) is 0 Å². The average Bonchev–Trinajstić information content (AvgIpc) is 3.33. The van der Waals surface area contributed by atoms with E-state index in [0.29, 0.717) is 4.75 Å². The smallest absolute Gasteiger partial charge is 0.0284 e. The van der Waals surface area contributed by atoms with E-state index in [1.807, 2.05) is 0 Å². The van der Waals surface area contributed by atoms with E-state index in [1.54, 1.807) is 0 Å². The third kappa shape index (κ3) is 3.36. The Hall–Kier alpha value is 0.270. The fourth-order valence-corrected chi connectivity index (χ4v) is 5.28. The van der Waals surface area contributed by atoms with E-state index in [0.717, 1.165) is 18.0 Å². The van der Waals surface area contributed by atoms with E-state index < -0.39 is 0 Å². The van der Waals surface area contributed by atoms with E-state index in [9.17, 15) is 0 Å². The summed E-state index contributed by atoms with van der Waals surface area (Å²) in [6, 6.07) is 1.57. The fourth-order valence-electron chi connectivity index (χ4n) is 4.29. The van der Waals surface area contributed by atoms with E-state index in [-0.39, 0.29) is 0 Å². The lowest BCUT2D eigenvalue weighted by molar-refractivity contribution is 0.0998. The van der Waals surface area contributed by atoms with Crippen molar-refractivity contribution < 1.29 is 0 Å². The maximum atomic E-state index is 3.83. The highest BCUT2D eigenvalue weighted by molar-refractivity contribution is 8.00. The molecule has 0 aromatic heterocycles. The van der Waals surface area contributed by atoms with Crippen LogP contribution in [0.25, 0.3) is 0 Å². The van der Waals surface area contributed by atoms with Crippen molar-refractivity contribution in [1.82, 2.24) is 10.2 Å². The normalized spacial score (nSPS) is 35.1. The molecule has 1 N–H and O–H groups in total. The first-order chi connectivity index (χ1) is 9.76. The number of hydrogen-bond donors (Lipinski definition) is 1. The number of nitrogens with zero attached hydrogens (tertiary/aromatic N) is 1. The second kappa shape index (κ2) is 6.58. The third-order valence-corrected chi connectivity index (χ3v) is 7.32. The Morgan fingerprint density at radius 1 is 1.20 bits per heavy atom. The van der Waals surface area contributed by atoms with Crippen molar-refractivity contribution in [3.63, 3.8) is 0 Å². The van der Waals surface area contributed by atoms with Gasteiger partial charge in [0.2, 0.25) is 0 Å². The van der Waals surface area contributed by atoms with Gasteiger partial charge in [-0.3, -0.25) is 4.90 Å². The summed E-state index contributed by atoms with van der Waals surface area (Å²) in [7, 11) is 0. The van der Waals surface area contributed by atoms with Gasteiger partial charge in [0, 0.05) is 36.5 Å². The second-order valence-corrected chi connectivity index (χ2v) is 8.57. The molecule has 1 aliphatic heterocycles. The molecule has 3 rings (SSSR count). The van der Waals surface area contributed by atoms with Crippen LogP contribution in [0.2, 0.25) is 0 Å². The summed E-state index contributed by atoms with van der Waals surface area (Å²) in [6.45, 7) is 6.24. The lowest BCUT2D eigenvalue weighted by atomic mass is 9.87. The molecule has 3 heteroatoms. The summed E-state index contributed by atoms with van der Waals surface area (Å²) in [5.41, 5.74) is 0. The average molecular weight is 297 g/mol. The van der Waals surface area contributed by atoms with Crippen LogP contribution < -0.4 is 5.32 Å². The van der Waals surface area contributed by atoms with Crippen molar-refractivity contribution in [2.45, 2.75) is 75.1 Å². The molecule has 2 nitrogen and oxygen atoms in total. The molecule has 0 spiro atoms. The predicted octanol–water partition coefficient (Wildman–Crippen LogP) is 3.51. The number of hydrogen-bond acceptors (Lipinski definition) is 3. The van der Waals surface area contributed by atoms with Crippen LogP contribution in [-0.4, -0.2) is 47.6 Å². The topological polar surface area (TPSA) is 15.3 Å². The number of rotatable bonds is 5. The van der Waals surface area contributed by atoms with Gasteiger partial charge in [-0.2, -0.15) is 11.8 Å². The van der Waals surface area contributed by atoms with Gasteiger partial charge in [0.1, 0.15) is 0 Å². The van der Waals surface area contributed by atoms with E-state index >= 15 is 0 Å². The van der Waals surface area contributed by atoms with Crippen LogP contribution in [0.15, 0.2) is 0 Å². The largest absolute Gasteiger partial charge is 0.311 e. The number of thioether (sulfide) groups is 1. The molecule has 0 aromatic rings. The van der Waals surface area contributed by atoms with Gasteiger partial charge in [0.15, 0.2) is 0 Å². The summed E-state index contributed by atoms with van der Waals surface area (Å²) < 4.78 is 0.567. The van der Waals surface area contributed by atoms with Crippen LogP contribution in [-0.2, 0) is 0 Å². The zero-order chi connectivity index (χ0) is 14.0. The molecule has 0 bridgehead atoms. The quantitative estimate of drug-likeness (QED) is 0.836. The van der Waals surface area contributed by atoms with Crippen molar-refractivity contribution in [3.8, 4) is 0 Å². The maximum Gasteiger partial charge on any atom is 0.0284 e. The van der Waals surface area contributed by atoms with Crippen LogP contribution in [0.4, 0.5) is 0 Å². The molecule has 2 saturated carbocycles. The lowest BCUT2D eigenvalue weighted by Crippen LogP contribution is -2.60. The SMILES string of the molecule is CCC1CNC(C2CC2)CN1CC1(SC)CCCCC1. The van der Waals surface area contributed by atoms with Crippen molar-refractivity contribution in [2.24, 2.45) is 5.92 Å². The minimum Gasteiger partial charge on any atom is -0.311 e. The molecule has 1 saturated heterocycles. The molecule has 0 aromatic carbocycles. The summed E-state index contributed by atoms with van der Waals surface area (Å²) >= 11 is 2.16. The third-order valence-electron chi connectivity index (χ3n) is 5.91. The predicted molar refractivity (Wildman–Crippen MR) is 89.5 cm³/mol. The maximum absolute atomic E-state index is 3.83. The van der Waals surface area contributed by atoms with Crippen molar-refractivity contribution in [2.75, 3.05) is 25.9 Å². The molecule has 2 atom stereocenters. The molecule has 3 aliphatic rings. The zero-order valence-corrected chi connectivity index (χ0v) is 14.2. The first-order valence-corrected chi connectivity index (χ1v) is 10.0. The Morgan fingerprint density at radius 2 is 1.95 bits per heavy atom.